The maximum atomic E-state index is 9.23. The average Bonchev–Trinajstić information content (AvgIpc) is 2.35. The van der Waals surface area contributed by atoms with Crippen LogP contribution in [-0.2, 0) is 11.2 Å². The molecule has 18 heavy (non-hydrogen) atoms. The molecular formula is C12H22N4O2. The smallest absolute Gasteiger partial charge is 0.135 e. The number of nitrogens with one attached hydrogen (secondary N) is 1. The van der Waals surface area contributed by atoms with Crippen molar-refractivity contribution in [3.05, 3.63) is 11.4 Å². The molecule has 0 saturated carbocycles. The molecule has 0 aliphatic carbocycles. The van der Waals surface area contributed by atoms with Crippen molar-refractivity contribution in [1.29, 1.82) is 0 Å². The maximum Gasteiger partial charge on any atom is 0.135 e. The van der Waals surface area contributed by atoms with E-state index < -0.39 is 0 Å². The van der Waals surface area contributed by atoms with Gasteiger partial charge in [0.25, 0.3) is 0 Å². The Kier molecular flexibility index (Phi) is 5.80. The Morgan fingerprint density at radius 1 is 1.44 bits per heavy atom. The molecule has 6 nitrogen and oxygen atoms in total. The fourth-order valence-electron chi connectivity index (χ4n) is 1.59. The van der Waals surface area contributed by atoms with Crippen LogP contribution in [0.2, 0.25) is 0 Å². The molecule has 6 heteroatoms. The van der Waals surface area contributed by atoms with Crippen LogP contribution in [-0.4, -0.2) is 41.4 Å². The third-order valence-electron chi connectivity index (χ3n) is 2.63. The minimum atomic E-state index is -0.197. The van der Waals surface area contributed by atoms with Crippen molar-refractivity contribution in [3.63, 3.8) is 0 Å². The third-order valence-corrected chi connectivity index (χ3v) is 2.63. The molecule has 1 rings (SSSR count). The predicted octanol–water partition coefficient (Wildman–Crippen LogP) is 0.739. The van der Waals surface area contributed by atoms with Crippen LogP contribution < -0.4 is 11.1 Å². The second-order valence-electron chi connectivity index (χ2n) is 4.23. The number of aryl methyl sites for hydroxylation is 1. The van der Waals surface area contributed by atoms with E-state index >= 15 is 0 Å². The van der Waals surface area contributed by atoms with E-state index in [1.165, 1.54) is 0 Å². The van der Waals surface area contributed by atoms with Gasteiger partial charge in [-0.1, -0.05) is 6.92 Å². The van der Waals surface area contributed by atoms with Crippen LogP contribution in [0.5, 0.6) is 0 Å². The zero-order valence-electron chi connectivity index (χ0n) is 11.2. The summed E-state index contributed by atoms with van der Waals surface area (Å²) in [4.78, 5) is 8.66. The lowest BCUT2D eigenvalue weighted by atomic mass is 10.2. The Balaban J connectivity index is 2.91. The molecule has 0 amide bonds. The summed E-state index contributed by atoms with van der Waals surface area (Å²) in [7, 11) is 1.59. The van der Waals surface area contributed by atoms with Crippen molar-refractivity contribution in [2.45, 2.75) is 32.7 Å². The fourth-order valence-corrected chi connectivity index (χ4v) is 1.59. The Hall–Kier alpha value is -1.40. The number of aromatic nitrogens is 2. The van der Waals surface area contributed by atoms with E-state index in [1.807, 2.05) is 6.92 Å². The second-order valence-corrected chi connectivity index (χ2v) is 4.23. The number of aliphatic hydroxyl groups excluding tert-OH is 1. The zero-order valence-corrected chi connectivity index (χ0v) is 11.2. The van der Waals surface area contributed by atoms with Crippen molar-refractivity contribution in [2.75, 3.05) is 31.4 Å². The standard InChI is InChI=1S/C12H22N4O2/c1-4-5-10-15-11(13)8(2)12(16-10)14-9(6-17)7-18-3/h9,17H,4-7H2,1-3H3,(H3,13,14,15,16). The van der Waals surface area contributed by atoms with Gasteiger partial charge in [0, 0.05) is 19.1 Å². The van der Waals surface area contributed by atoms with Gasteiger partial charge in [-0.2, -0.15) is 0 Å². The van der Waals surface area contributed by atoms with Crippen LogP contribution in [0.25, 0.3) is 0 Å². The molecule has 0 aliphatic heterocycles. The molecule has 0 aromatic carbocycles. The van der Waals surface area contributed by atoms with Gasteiger partial charge in [0.15, 0.2) is 0 Å². The van der Waals surface area contributed by atoms with Gasteiger partial charge in [-0.25, -0.2) is 9.97 Å². The fraction of sp³-hybridized carbons (Fsp3) is 0.667. The average molecular weight is 254 g/mol. The number of aliphatic hydroxyl groups is 1. The van der Waals surface area contributed by atoms with Gasteiger partial charge in [-0.3, -0.25) is 0 Å². The molecule has 4 N–H and O–H groups in total. The van der Waals surface area contributed by atoms with Crippen LogP contribution >= 0.6 is 0 Å². The molecule has 0 spiro atoms. The van der Waals surface area contributed by atoms with Gasteiger partial charge in [0.1, 0.15) is 17.5 Å². The van der Waals surface area contributed by atoms with E-state index in [-0.39, 0.29) is 12.6 Å². The second kappa shape index (κ2) is 7.13. The van der Waals surface area contributed by atoms with Gasteiger partial charge < -0.3 is 20.9 Å². The molecule has 1 unspecified atom stereocenters. The van der Waals surface area contributed by atoms with Gasteiger partial charge in [-0.05, 0) is 13.3 Å². The Morgan fingerprint density at radius 3 is 2.72 bits per heavy atom. The van der Waals surface area contributed by atoms with Gasteiger partial charge in [0.2, 0.25) is 0 Å². The summed E-state index contributed by atoms with van der Waals surface area (Å²) in [6, 6.07) is -0.197. The first-order valence-electron chi connectivity index (χ1n) is 6.11. The topological polar surface area (TPSA) is 93.3 Å². The molecule has 0 fully saturated rings. The zero-order chi connectivity index (χ0) is 13.5. The van der Waals surface area contributed by atoms with Crippen molar-refractivity contribution in [1.82, 2.24) is 9.97 Å². The van der Waals surface area contributed by atoms with Crippen LogP contribution in [0.1, 0.15) is 24.7 Å². The Bertz CT molecular complexity index is 385. The van der Waals surface area contributed by atoms with E-state index in [1.54, 1.807) is 7.11 Å². The first-order valence-corrected chi connectivity index (χ1v) is 6.11. The highest BCUT2D eigenvalue weighted by atomic mass is 16.5. The SMILES string of the molecule is CCCc1nc(N)c(C)c(NC(CO)COC)n1. The predicted molar refractivity (Wildman–Crippen MR) is 71.5 cm³/mol. The third kappa shape index (κ3) is 3.82. The largest absolute Gasteiger partial charge is 0.394 e. The first kappa shape index (κ1) is 14.7. The van der Waals surface area contributed by atoms with Crippen molar-refractivity contribution < 1.29 is 9.84 Å². The number of rotatable bonds is 7. The minimum absolute atomic E-state index is 0.0275. The molecule has 1 aromatic rings. The minimum Gasteiger partial charge on any atom is -0.394 e. The monoisotopic (exact) mass is 254 g/mol. The van der Waals surface area contributed by atoms with Crippen LogP contribution in [0, 0.1) is 6.92 Å². The lowest BCUT2D eigenvalue weighted by molar-refractivity contribution is 0.153. The van der Waals surface area contributed by atoms with E-state index in [9.17, 15) is 5.11 Å². The number of nitrogen functional groups attached to an aromatic ring is 1. The summed E-state index contributed by atoms with van der Waals surface area (Å²) in [5.74, 6) is 1.87. The van der Waals surface area contributed by atoms with Crippen LogP contribution in [0.3, 0.4) is 0 Å². The number of anilines is 2. The first-order chi connectivity index (χ1) is 8.62. The number of nitrogens with two attached hydrogens (primary N) is 1. The number of hydrogen-bond donors (Lipinski definition) is 3. The van der Waals surface area contributed by atoms with E-state index in [4.69, 9.17) is 10.5 Å². The quantitative estimate of drug-likeness (QED) is 0.664. The molecule has 0 bridgehead atoms. The van der Waals surface area contributed by atoms with Crippen molar-refractivity contribution in [3.8, 4) is 0 Å². The van der Waals surface area contributed by atoms with E-state index in [0.29, 0.717) is 18.2 Å². The van der Waals surface area contributed by atoms with Gasteiger partial charge >= 0.3 is 0 Å². The van der Waals surface area contributed by atoms with Crippen LogP contribution in [0.4, 0.5) is 11.6 Å². The summed E-state index contributed by atoms with van der Waals surface area (Å²) in [6.45, 7) is 4.30. The normalized spacial score (nSPS) is 12.4. The molecule has 102 valence electrons. The molecule has 0 aliphatic rings. The lowest BCUT2D eigenvalue weighted by Crippen LogP contribution is -2.30. The van der Waals surface area contributed by atoms with Gasteiger partial charge in [0.05, 0.1) is 19.3 Å². The van der Waals surface area contributed by atoms with Crippen molar-refractivity contribution in [2.24, 2.45) is 0 Å². The summed E-state index contributed by atoms with van der Waals surface area (Å²) in [6.07, 6.45) is 1.75. The lowest BCUT2D eigenvalue weighted by Gasteiger charge is -2.18. The summed E-state index contributed by atoms with van der Waals surface area (Å²) < 4.78 is 5.02. The molecule has 1 aromatic heterocycles. The highest BCUT2D eigenvalue weighted by molar-refractivity contribution is 5.55. The number of methoxy groups -OCH3 is 1. The van der Waals surface area contributed by atoms with Crippen LogP contribution in [0.15, 0.2) is 0 Å². The number of nitrogens with zero attached hydrogens (tertiary/aromatic N) is 2. The van der Waals surface area contributed by atoms with E-state index in [2.05, 4.69) is 22.2 Å². The van der Waals surface area contributed by atoms with Crippen molar-refractivity contribution >= 4 is 11.6 Å². The molecule has 1 heterocycles. The molecular weight excluding hydrogens is 232 g/mol. The summed E-state index contributed by atoms with van der Waals surface area (Å²) in [5.41, 5.74) is 6.65. The molecule has 1 atom stereocenters. The summed E-state index contributed by atoms with van der Waals surface area (Å²) in [5, 5.41) is 12.4. The maximum absolute atomic E-state index is 9.23. The van der Waals surface area contributed by atoms with Gasteiger partial charge in [-0.15, -0.1) is 0 Å². The summed E-state index contributed by atoms with van der Waals surface area (Å²) >= 11 is 0. The Labute approximate surface area is 108 Å². The number of hydrogen-bond acceptors (Lipinski definition) is 6. The van der Waals surface area contributed by atoms with E-state index in [0.717, 1.165) is 24.2 Å². The Morgan fingerprint density at radius 2 is 2.17 bits per heavy atom. The molecule has 0 radical (unpaired) electrons. The molecule has 0 saturated heterocycles. The highest BCUT2D eigenvalue weighted by Crippen LogP contribution is 2.18. The highest BCUT2D eigenvalue weighted by Gasteiger charge is 2.13. The number of ether oxygens (including phenoxy) is 1.